The van der Waals surface area contributed by atoms with E-state index >= 15 is 0 Å². The molecule has 64 valence electrons. The second-order valence-electron chi connectivity index (χ2n) is 3.86. The van der Waals surface area contributed by atoms with Crippen molar-refractivity contribution in [2.75, 3.05) is 0 Å². The summed E-state index contributed by atoms with van der Waals surface area (Å²) in [6.45, 7) is 6.56. The van der Waals surface area contributed by atoms with Gasteiger partial charge < -0.3 is 0 Å². The summed E-state index contributed by atoms with van der Waals surface area (Å²) in [6, 6.07) is 0. The highest BCUT2D eigenvalue weighted by atomic mass is 79.9. The third-order valence-corrected chi connectivity index (χ3v) is 2.17. The third kappa shape index (κ3) is 2.51. The van der Waals surface area contributed by atoms with Crippen molar-refractivity contribution < 1.29 is 0 Å². The molecule has 0 nitrogen and oxygen atoms in total. The first kappa shape index (κ1) is 9.57. The summed E-state index contributed by atoms with van der Waals surface area (Å²) in [7, 11) is 0. The zero-order chi connectivity index (χ0) is 9.19. The minimum Gasteiger partial charge on any atom is -0.117 e. The van der Waals surface area contributed by atoms with Crippen LogP contribution < -0.4 is 0 Å². The standard InChI is InChI=1S/C11H13Br/c1-11(2,3)9-6-4-5-7-10(12)8-9/h4-5,7-8H,1-3H3. The highest BCUT2D eigenvalue weighted by Crippen LogP contribution is 2.28. The molecule has 0 radical (unpaired) electrons. The van der Waals surface area contributed by atoms with Crippen molar-refractivity contribution in [1.29, 1.82) is 0 Å². The van der Waals surface area contributed by atoms with Gasteiger partial charge >= 0.3 is 0 Å². The lowest BCUT2D eigenvalue weighted by Crippen LogP contribution is -2.06. The number of hydrogen-bond donors (Lipinski definition) is 0. The summed E-state index contributed by atoms with van der Waals surface area (Å²) in [5, 5.41) is 0. The van der Waals surface area contributed by atoms with Gasteiger partial charge in [0.15, 0.2) is 0 Å². The first-order valence-corrected chi connectivity index (χ1v) is 4.80. The number of hydrogen-bond acceptors (Lipinski definition) is 0. The normalized spacial score (nSPS) is 17.0. The van der Waals surface area contributed by atoms with Gasteiger partial charge in [0.25, 0.3) is 0 Å². The Kier molecular flexibility index (Phi) is 2.76. The van der Waals surface area contributed by atoms with E-state index in [9.17, 15) is 0 Å². The zero-order valence-electron chi connectivity index (χ0n) is 7.69. The van der Waals surface area contributed by atoms with Crippen LogP contribution in [0.25, 0.3) is 0 Å². The van der Waals surface area contributed by atoms with E-state index < -0.39 is 0 Å². The Morgan fingerprint density at radius 1 is 1.33 bits per heavy atom. The smallest absolute Gasteiger partial charge is 0.0184 e. The van der Waals surface area contributed by atoms with E-state index in [2.05, 4.69) is 48.5 Å². The Morgan fingerprint density at radius 3 is 2.58 bits per heavy atom. The van der Waals surface area contributed by atoms with Gasteiger partial charge in [0.2, 0.25) is 0 Å². The summed E-state index contributed by atoms with van der Waals surface area (Å²) >= 11 is 3.46. The van der Waals surface area contributed by atoms with Crippen LogP contribution >= 0.6 is 15.9 Å². The van der Waals surface area contributed by atoms with Gasteiger partial charge in [0.05, 0.1) is 0 Å². The molecule has 0 aliphatic heterocycles. The maximum Gasteiger partial charge on any atom is 0.0184 e. The predicted molar refractivity (Wildman–Crippen MR) is 57.2 cm³/mol. The van der Waals surface area contributed by atoms with Crippen LogP contribution in [-0.2, 0) is 0 Å². The molecule has 0 saturated carbocycles. The van der Waals surface area contributed by atoms with Crippen LogP contribution in [0.5, 0.6) is 0 Å². The van der Waals surface area contributed by atoms with Crippen LogP contribution in [0.3, 0.4) is 0 Å². The molecule has 0 amide bonds. The lowest BCUT2D eigenvalue weighted by Gasteiger charge is -2.17. The molecule has 0 fully saturated rings. The fourth-order valence-corrected chi connectivity index (χ4v) is 1.32. The largest absolute Gasteiger partial charge is 0.117 e. The Hall–Kier alpha value is -0.520. The molecule has 1 rings (SSSR count). The molecule has 0 bridgehead atoms. The van der Waals surface area contributed by atoms with Crippen molar-refractivity contribution in [2.45, 2.75) is 20.8 Å². The van der Waals surface area contributed by atoms with Crippen molar-refractivity contribution in [3.05, 3.63) is 40.1 Å². The van der Waals surface area contributed by atoms with Crippen LogP contribution in [-0.4, -0.2) is 0 Å². The lowest BCUT2D eigenvalue weighted by molar-refractivity contribution is 0.518. The van der Waals surface area contributed by atoms with Crippen molar-refractivity contribution in [2.24, 2.45) is 5.41 Å². The van der Waals surface area contributed by atoms with E-state index in [0.29, 0.717) is 0 Å². The number of allylic oxidation sites excluding steroid dienone is 5. The molecule has 0 atom stereocenters. The van der Waals surface area contributed by atoms with Crippen LogP contribution in [0, 0.1) is 5.41 Å². The molecule has 0 N–H and O–H groups in total. The van der Waals surface area contributed by atoms with Gasteiger partial charge in [-0.05, 0) is 23.6 Å². The van der Waals surface area contributed by atoms with E-state index in [1.807, 2.05) is 18.2 Å². The van der Waals surface area contributed by atoms with Gasteiger partial charge in [-0.1, -0.05) is 42.8 Å². The third-order valence-electron chi connectivity index (χ3n) is 1.68. The second-order valence-corrected chi connectivity index (χ2v) is 4.78. The van der Waals surface area contributed by atoms with Crippen molar-refractivity contribution in [3.63, 3.8) is 0 Å². The highest BCUT2D eigenvalue weighted by Gasteiger charge is 2.14. The summed E-state index contributed by atoms with van der Waals surface area (Å²) in [5.74, 6) is 0. The Bertz CT molecular complexity index is 291. The average molecular weight is 225 g/mol. The Balaban J connectivity index is 3.08. The fraction of sp³-hybridized carbons (Fsp3) is 0.364. The molecule has 0 aromatic rings. The molecule has 0 aromatic carbocycles. The predicted octanol–water partition coefficient (Wildman–Crippen LogP) is 3.96. The van der Waals surface area contributed by atoms with Gasteiger partial charge in [-0.2, -0.15) is 0 Å². The second kappa shape index (κ2) is 3.47. The van der Waals surface area contributed by atoms with E-state index in [1.54, 1.807) is 0 Å². The van der Waals surface area contributed by atoms with Gasteiger partial charge in [0, 0.05) is 10.1 Å². The van der Waals surface area contributed by atoms with Crippen molar-refractivity contribution in [1.82, 2.24) is 0 Å². The van der Waals surface area contributed by atoms with Crippen molar-refractivity contribution >= 4 is 15.9 Å². The van der Waals surface area contributed by atoms with Crippen LogP contribution in [0.4, 0.5) is 0 Å². The summed E-state index contributed by atoms with van der Waals surface area (Å²) in [5.41, 5.74) is 4.64. The average Bonchev–Trinajstić information content (AvgIpc) is 2.11. The molecular formula is C11H13Br. The summed E-state index contributed by atoms with van der Waals surface area (Å²) in [6.07, 6.45) is 8.07. The van der Waals surface area contributed by atoms with Gasteiger partial charge in [-0.3, -0.25) is 0 Å². The van der Waals surface area contributed by atoms with Crippen LogP contribution in [0.1, 0.15) is 20.8 Å². The maximum absolute atomic E-state index is 3.46. The fourth-order valence-electron chi connectivity index (χ4n) is 0.939. The lowest BCUT2D eigenvalue weighted by atomic mass is 9.87. The van der Waals surface area contributed by atoms with E-state index in [4.69, 9.17) is 0 Å². The van der Waals surface area contributed by atoms with Crippen molar-refractivity contribution in [3.8, 4) is 0 Å². The van der Waals surface area contributed by atoms with Crippen LogP contribution in [0.15, 0.2) is 40.1 Å². The van der Waals surface area contributed by atoms with Crippen LogP contribution in [0.2, 0.25) is 0 Å². The molecule has 0 saturated heterocycles. The molecule has 1 aliphatic carbocycles. The summed E-state index contributed by atoms with van der Waals surface area (Å²) in [4.78, 5) is 0. The van der Waals surface area contributed by atoms with Gasteiger partial charge in [-0.15, -0.1) is 5.73 Å². The minimum atomic E-state index is 0.168. The number of rotatable bonds is 0. The molecule has 1 aliphatic rings. The Morgan fingerprint density at radius 2 is 2.00 bits per heavy atom. The topological polar surface area (TPSA) is 0 Å². The summed E-state index contributed by atoms with van der Waals surface area (Å²) < 4.78 is 1.11. The molecule has 0 heterocycles. The highest BCUT2D eigenvalue weighted by molar-refractivity contribution is 9.11. The molecule has 0 unspecified atom stereocenters. The first-order chi connectivity index (χ1) is 5.50. The monoisotopic (exact) mass is 224 g/mol. The molecule has 1 heteroatoms. The molecular weight excluding hydrogens is 212 g/mol. The van der Waals surface area contributed by atoms with E-state index in [-0.39, 0.29) is 5.41 Å². The molecule has 12 heavy (non-hydrogen) atoms. The Labute approximate surface area is 82.5 Å². The van der Waals surface area contributed by atoms with E-state index in [0.717, 1.165) is 4.48 Å². The minimum absolute atomic E-state index is 0.168. The quantitative estimate of drug-likeness (QED) is 0.547. The van der Waals surface area contributed by atoms with Gasteiger partial charge in [0.1, 0.15) is 0 Å². The maximum atomic E-state index is 3.46. The van der Waals surface area contributed by atoms with E-state index in [1.165, 1.54) is 5.57 Å². The SMILES string of the molecule is CC(C)(C)C1=C=CC=CC(Br)=C1. The number of halogens is 1. The zero-order valence-corrected chi connectivity index (χ0v) is 9.27. The first-order valence-electron chi connectivity index (χ1n) is 4.01. The van der Waals surface area contributed by atoms with Gasteiger partial charge in [-0.25, -0.2) is 0 Å². The molecule has 0 aromatic heterocycles. The molecule has 0 spiro atoms.